The summed E-state index contributed by atoms with van der Waals surface area (Å²) in [5.41, 5.74) is 0. The van der Waals surface area contributed by atoms with E-state index in [2.05, 4.69) is 39.0 Å². The average molecular weight is 293 g/mol. The Kier molecular flexibility index (Phi) is 6.02. The molecule has 1 fully saturated rings. The molecule has 6 nitrogen and oxygen atoms in total. The highest BCUT2D eigenvalue weighted by Crippen LogP contribution is 2.23. The van der Waals surface area contributed by atoms with Crippen molar-refractivity contribution in [2.75, 3.05) is 29.9 Å². The van der Waals surface area contributed by atoms with Crippen molar-refractivity contribution in [2.24, 2.45) is 0 Å². The second-order valence-corrected chi connectivity index (χ2v) is 5.32. The summed E-state index contributed by atoms with van der Waals surface area (Å²) in [5.74, 6) is 1.29. The lowest BCUT2D eigenvalue weighted by molar-refractivity contribution is 0.142. The van der Waals surface area contributed by atoms with E-state index >= 15 is 0 Å². The van der Waals surface area contributed by atoms with Crippen molar-refractivity contribution in [2.45, 2.75) is 59.0 Å². The molecule has 0 atom stereocenters. The van der Waals surface area contributed by atoms with Crippen molar-refractivity contribution >= 4 is 11.9 Å². The van der Waals surface area contributed by atoms with Crippen LogP contribution in [0.1, 0.15) is 52.9 Å². The molecule has 0 aromatic carbocycles. The molecular weight excluding hydrogens is 266 g/mol. The summed E-state index contributed by atoms with van der Waals surface area (Å²) >= 11 is 0. The highest BCUT2D eigenvalue weighted by atomic mass is 16.5. The Morgan fingerprint density at radius 1 is 1.05 bits per heavy atom. The first-order valence-electron chi connectivity index (χ1n) is 8.18. The maximum atomic E-state index is 5.99. The van der Waals surface area contributed by atoms with Gasteiger partial charge in [-0.05, 0) is 46.5 Å². The van der Waals surface area contributed by atoms with Gasteiger partial charge in [0.1, 0.15) is 6.10 Å². The molecule has 1 heterocycles. The SMILES string of the molecule is CCNc1nc(OC2CCCCC2)nc(N(CC)CC)n1. The monoisotopic (exact) mass is 293 g/mol. The van der Waals surface area contributed by atoms with E-state index in [4.69, 9.17) is 4.74 Å². The molecule has 1 saturated carbocycles. The van der Waals surface area contributed by atoms with Crippen LogP contribution in [0.15, 0.2) is 0 Å². The third-order valence-corrected chi connectivity index (χ3v) is 3.81. The zero-order chi connectivity index (χ0) is 15.1. The van der Waals surface area contributed by atoms with Crippen molar-refractivity contribution in [3.05, 3.63) is 0 Å². The fraction of sp³-hybridized carbons (Fsp3) is 0.800. The Bertz CT molecular complexity index is 430. The number of anilines is 2. The van der Waals surface area contributed by atoms with Crippen LogP contribution in [0.3, 0.4) is 0 Å². The summed E-state index contributed by atoms with van der Waals surface area (Å²) in [7, 11) is 0. The van der Waals surface area contributed by atoms with Crippen LogP contribution in [0.4, 0.5) is 11.9 Å². The van der Waals surface area contributed by atoms with Crippen LogP contribution in [0.2, 0.25) is 0 Å². The smallest absolute Gasteiger partial charge is 0.323 e. The van der Waals surface area contributed by atoms with Crippen LogP contribution in [-0.2, 0) is 0 Å². The van der Waals surface area contributed by atoms with Gasteiger partial charge in [-0.1, -0.05) is 6.42 Å². The molecule has 1 aromatic rings. The summed E-state index contributed by atoms with van der Waals surface area (Å²) in [6.07, 6.45) is 6.23. The summed E-state index contributed by atoms with van der Waals surface area (Å²) < 4.78 is 5.99. The van der Waals surface area contributed by atoms with E-state index in [1.54, 1.807) is 0 Å². The Morgan fingerprint density at radius 2 is 1.76 bits per heavy atom. The number of ether oxygens (including phenoxy) is 1. The molecule has 0 amide bonds. The van der Waals surface area contributed by atoms with Crippen LogP contribution in [0, 0.1) is 0 Å². The molecule has 118 valence electrons. The standard InChI is InChI=1S/C15H27N5O/c1-4-16-13-17-14(20(5-2)6-3)19-15(18-13)21-12-10-8-7-9-11-12/h12H,4-11H2,1-3H3,(H,16,17,18,19). The van der Waals surface area contributed by atoms with Gasteiger partial charge in [-0.25, -0.2) is 0 Å². The first kappa shape index (κ1) is 15.8. The molecule has 0 bridgehead atoms. The topological polar surface area (TPSA) is 63.2 Å². The lowest BCUT2D eigenvalue weighted by Crippen LogP contribution is -2.26. The van der Waals surface area contributed by atoms with Gasteiger partial charge in [0, 0.05) is 19.6 Å². The third kappa shape index (κ3) is 4.44. The van der Waals surface area contributed by atoms with Gasteiger partial charge in [-0.15, -0.1) is 0 Å². The molecule has 1 aliphatic rings. The number of nitrogens with one attached hydrogen (secondary N) is 1. The number of hydrogen-bond donors (Lipinski definition) is 1. The average Bonchev–Trinajstić information content (AvgIpc) is 2.50. The minimum absolute atomic E-state index is 0.250. The maximum absolute atomic E-state index is 5.99. The second kappa shape index (κ2) is 8.00. The quantitative estimate of drug-likeness (QED) is 0.834. The third-order valence-electron chi connectivity index (χ3n) is 3.81. The number of nitrogens with zero attached hydrogens (tertiary/aromatic N) is 4. The summed E-state index contributed by atoms with van der Waals surface area (Å²) in [4.78, 5) is 15.5. The molecule has 0 spiro atoms. The van der Waals surface area contributed by atoms with Gasteiger partial charge in [0.05, 0.1) is 0 Å². The van der Waals surface area contributed by atoms with Gasteiger partial charge in [0.2, 0.25) is 11.9 Å². The predicted octanol–water partition coefficient (Wildman–Crippen LogP) is 2.86. The zero-order valence-corrected chi connectivity index (χ0v) is 13.4. The van der Waals surface area contributed by atoms with Crippen molar-refractivity contribution in [3.8, 4) is 6.01 Å². The molecule has 0 saturated heterocycles. The Balaban J connectivity index is 2.17. The van der Waals surface area contributed by atoms with Crippen LogP contribution < -0.4 is 15.0 Å². The Labute approximate surface area is 127 Å². The number of aromatic nitrogens is 3. The Hall–Kier alpha value is -1.59. The minimum atomic E-state index is 0.250. The fourth-order valence-corrected chi connectivity index (χ4v) is 2.62. The molecular formula is C15H27N5O. The van der Waals surface area contributed by atoms with Gasteiger partial charge >= 0.3 is 6.01 Å². The Morgan fingerprint density at radius 3 is 2.38 bits per heavy atom. The molecule has 0 unspecified atom stereocenters. The summed E-state index contributed by atoms with van der Waals surface area (Å²) in [5, 5.41) is 3.16. The minimum Gasteiger partial charge on any atom is -0.460 e. The van der Waals surface area contributed by atoms with Crippen LogP contribution in [0.25, 0.3) is 0 Å². The van der Waals surface area contributed by atoms with Gasteiger partial charge in [-0.2, -0.15) is 15.0 Å². The summed E-state index contributed by atoms with van der Waals surface area (Å²) in [6.45, 7) is 8.75. The first-order chi connectivity index (χ1) is 10.3. The zero-order valence-electron chi connectivity index (χ0n) is 13.4. The van der Waals surface area contributed by atoms with Gasteiger partial charge in [0.25, 0.3) is 0 Å². The van der Waals surface area contributed by atoms with E-state index in [9.17, 15) is 0 Å². The first-order valence-corrected chi connectivity index (χ1v) is 8.18. The molecule has 1 N–H and O–H groups in total. The molecule has 6 heteroatoms. The van der Waals surface area contributed by atoms with Gasteiger partial charge < -0.3 is 15.0 Å². The van der Waals surface area contributed by atoms with Crippen LogP contribution in [-0.4, -0.2) is 40.7 Å². The van der Waals surface area contributed by atoms with E-state index in [-0.39, 0.29) is 6.10 Å². The molecule has 1 aromatic heterocycles. The van der Waals surface area contributed by atoms with Crippen molar-refractivity contribution in [1.82, 2.24) is 15.0 Å². The van der Waals surface area contributed by atoms with E-state index in [1.807, 2.05) is 6.92 Å². The van der Waals surface area contributed by atoms with Crippen molar-refractivity contribution in [1.29, 1.82) is 0 Å². The van der Waals surface area contributed by atoms with Gasteiger partial charge in [0.15, 0.2) is 0 Å². The maximum Gasteiger partial charge on any atom is 0.323 e. The molecule has 0 radical (unpaired) electrons. The van der Waals surface area contributed by atoms with E-state index < -0.39 is 0 Å². The van der Waals surface area contributed by atoms with E-state index in [0.717, 1.165) is 32.5 Å². The molecule has 0 aliphatic heterocycles. The van der Waals surface area contributed by atoms with E-state index in [1.165, 1.54) is 19.3 Å². The number of hydrogen-bond acceptors (Lipinski definition) is 6. The van der Waals surface area contributed by atoms with Gasteiger partial charge in [-0.3, -0.25) is 0 Å². The van der Waals surface area contributed by atoms with Crippen molar-refractivity contribution in [3.63, 3.8) is 0 Å². The lowest BCUT2D eigenvalue weighted by Gasteiger charge is -2.23. The second-order valence-electron chi connectivity index (χ2n) is 5.32. The molecule has 21 heavy (non-hydrogen) atoms. The summed E-state index contributed by atoms with van der Waals surface area (Å²) in [6, 6.07) is 0.453. The van der Waals surface area contributed by atoms with E-state index in [0.29, 0.717) is 17.9 Å². The van der Waals surface area contributed by atoms with Crippen molar-refractivity contribution < 1.29 is 4.74 Å². The van der Waals surface area contributed by atoms with Crippen LogP contribution in [0.5, 0.6) is 6.01 Å². The molecule has 2 rings (SSSR count). The largest absolute Gasteiger partial charge is 0.460 e. The lowest BCUT2D eigenvalue weighted by atomic mass is 9.98. The predicted molar refractivity (Wildman–Crippen MR) is 85.1 cm³/mol. The molecule has 1 aliphatic carbocycles. The highest BCUT2D eigenvalue weighted by Gasteiger charge is 2.18. The van der Waals surface area contributed by atoms with Crippen LogP contribution >= 0.6 is 0 Å². The number of rotatable bonds is 7. The highest BCUT2D eigenvalue weighted by molar-refractivity contribution is 5.38. The normalized spacial score (nSPS) is 15.8. The fourth-order valence-electron chi connectivity index (χ4n) is 2.62.